The van der Waals surface area contributed by atoms with Crippen molar-refractivity contribution < 1.29 is 9.90 Å². The van der Waals surface area contributed by atoms with Gasteiger partial charge in [-0.25, -0.2) is 0 Å². The molecule has 4 rings (SSSR count). The van der Waals surface area contributed by atoms with Gasteiger partial charge in [-0.05, 0) is 67.4 Å². The van der Waals surface area contributed by atoms with Crippen LogP contribution >= 0.6 is 0 Å². The molecule has 0 bridgehead atoms. The van der Waals surface area contributed by atoms with Crippen molar-refractivity contribution in [1.29, 1.82) is 0 Å². The average Bonchev–Trinajstić information content (AvgIpc) is 2.85. The molecule has 34 heavy (non-hydrogen) atoms. The summed E-state index contributed by atoms with van der Waals surface area (Å²) in [6, 6.07) is 17.9. The van der Waals surface area contributed by atoms with Crippen LogP contribution in [0.5, 0.6) is 0 Å². The number of aryl methyl sites for hydroxylation is 2. The molecule has 1 atom stereocenters. The zero-order valence-corrected chi connectivity index (χ0v) is 20.3. The minimum absolute atomic E-state index is 0.164. The highest BCUT2D eigenvalue weighted by molar-refractivity contribution is 5.95. The number of rotatable bonds is 7. The molecule has 1 amide bonds. The molecule has 1 aliphatic rings. The molecule has 0 spiro atoms. The zero-order chi connectivity index (χ0) is 24.1. The van der Waals surface area contributed by atoms with Crippen LogP contribution in [-0.4, -0.2) is 65.6 Å². The van der Waals surface area contributed by atoms with Crippen LogP contribution < -0.4 is 5.32 Å². The average molecular weight is 459 g/mol. The molecule has 6 nitrogen and oxygen atoms in total. The van der Waals surface area contributed by atoms with Crippen LogP contribution in [0, 0.1) is 13.8 Å². The van der Waals surface area contributed by atoms with Crippen LogP contribution in [-0.2, 0) is 6.54 Å². The van der Waals surface area contributed by atoms with E-state index < -0.39 is 6.10 Å². The number of likely N-dealkylation sites (N-methyl/N-ethyl adjacent to an activating group) is 1. The number of aromatic nitrogens is 1. The Balaban J connectivity index is 1.56. The molecule has 2 aromatic carbocycles. The normalized spacial score (nSPS) is 15.8. The summed E-state index contributed by atoms with van der Waals surface area (Å²) in [4.78, 5) is 22.0. The second kappa shape index (κ2) is 10.9. The minimum atomic E-state index is -0.665. The monoisotopic (exact) mass is 458 g/mol. The van der Waals surface area contributed by atoms with Gasteiger partial charge in [-0.1, -0.05) is 35.9 Å². The first-order chi connectivity index (χ1) is 16.4. The molecule has 0 radical (unpaired) electrons. The third-order valence-corrected chi connectivity index (χ3v) is 6.44. The third kappa shape index (κ3) is 6.29. The topological polar surface area (TPSA) is 68.7 Å². The van der Waals surface area contributed by atoms with E-state index in [1.54, 1.807) is 6.20 Å². The van der Waals surface area contributed by atoms with Gasteiger partial charge in [0.2, 0.25) is 0 Å². The quantitative estimate of drug-likeness (QED) is 0.567. The van der Waals surface area contributed by atoms with Crippen molar-refractivity contribution in [3.05, 3.63) is 88.7 Å². The van der Waals surface area contributed by atoms with Gasteiger partial charge >= 0.3 is 0 Å². The summed E-state index contributed by atoms with van der Waals surface area (Å²) >= 11 is 0. The Labute approximate surface area is 202 Å². The molecule has 178 valence electrons. The summed E-state index contributed by atoms with van der Waals surface area (Å²) in [5.41, 5.74) is 6.33. The number of pyridine rings is 1. The van der Waals surface area contributed by atoms with E-state index in [4.69, 9.17) is 0 Å². The number of carbonyl (C=O) groups excluding carboxylic acids is 1. The number of aliphatic hydroxyl groups is 1. The van der Waals surface area contributed by atoms with Crippen LogP contribution in [0.3, 0.4) is 0 Å². The Morgan fingerprint density at radius 2 is 1.74 bits per heavy atom. The predicted octanol–water partition coefficient (Wildman–Crippen LogP) is 3.58. The summed E-state index contributed by atoms with van der Waals surface area (Å²) in [5.74, 6) is -0.164. The van der Waals surface area contributed by atoms with E-state index in [1.807, 2.05) is 37.3 Å². The lowest BCUT2D eigenvalue weighted by Gasteiger charge is -2.33. The predicted molar refractivity (Wildman–Crippen MR) is 136 cm³/mol. The smallest absolute Gasteiger partial charge is 0.251 e. The molecule has 0 aliphatic carbocycles. The largest absolute Gasteiger partial charge is 0.387 e. The molecule has 1 aliphatic heterocycles. The lowest BCUT2D eigenvalue weighted by molar-refractivity contribution is 0.0804. The number of aliphatic hydroxyl groups excluding tert-OH is 1. The van der Waals surface area contributed by atoms with Crippen molar-refractivity contribution in [2.45, 2.75) is 26.5 Å². The molecular formula is C28H34N4O2. The molecule has 1 fully saturated rings. The summed E-state index contributed by atoms with van der Waals surface area (Å²) in [6.45, 7) is 8.82. The number of hydrogen-bond donors (Lipinski definition) is 2. The van der Waals surface area contributed by atoms with Crippen molar-refractivity contribution in [3.63, 3.8) is 0 Å². The Bertz CT molecular complexity index is 1100. The maximum absolute atomic E-state index is 13.1. The number of benzene rings is 2. The third-order valence-electron chi connectivity index (χ3n) is 6.44. The molecule has 6 heteroatoms. The lowest BCUT2D eigenvalue weighted by atomic mass is 9.96. The number of β-amino-alcohol motifs (C(OH)–C–C–N with tert-alkyl or cyclic N) is 1. The van der Waals surface area contributed by atoms with Crippen molar-refractivity contribution >= 4 is 5.91 Å². The van der Waals surface area contributed by atoms with E-state index in [0.29, 0.717) is 18.7 Å². The van der Waals surface area contributed by atoms with E-state index in [1.165, 1.54) is 5.56 Å². The van der Waals surface area contributed by atoms with Gasteiger partial charge in [0.05, 0.1) is 6.10 Å². The van der Waals surface area contributed by atoms with Crippen molar-refractivity contribution in [1.82, 2.24) is 20.1 Å². The molecule has 1 saturated heterocycles. The van der Waals surface area contributed by atoms with Gasteiger partial charge in [0.15, 0.2) is 0 Å². The standard InChI is InChI=1S/C28H34N4O2/c1-20-4-8-23(9-5-20)24-14-25(27(33)19-32-12-10-31(3)11-13-32)16-26(15-24)28(34)30-18-22-7-6-21(2)29-17-22/h4-9,14-17,27,33H,10-13,18-19H2,1-3H3,(H,30,34). The minimum Gasteiger partial charge on any atom is -0.387 e. The molecule has 0 saturated carbocycles. The Morgan fingerprint density at radius 3 is 2.41 bits per heavy atom. The SMILES string of the molecule is Cc1ccc(-c2cc(C(=O)NCc3ccc(C)nc3)cc(C(O)CN3CCN(C)CC3)c2)cc1. The second-order valence-corrected chi connectivity index (χ2v) is 9.32. The van der Waals surface area contributed by atoms with Gasteiger partial charge in [-0.3, -0.25) is 14.7 Å². The fraction of sp³-hybridized carbons (Fsp3) is 0.357. The van der Waals surface area contributed by atoms with Crippen LogP contribution in [0.4, 0.5) is 0 Å². The van der Waals surface area contributed by atoms with E-state index >= 15 is 0 Å². The van der Waals surface area contributed by atoms with Crippen molar-refractivity contribution in [2.24, 2.45) is 0 Å². The molecule has 3 aromatic rings. The highest BCUT2D eigenvalue weighted by Gasteiger charge is 2.20. The van der Waals surface area contributed by atoms with Crippen LogP contribution in [0.25, 0.3) is 11.1 Å². The lowest BCUT2D eigenvalue weighted by Crippen LogP contribution is -2.45. The highest BCUT2D eigenvalue weighted by Crippen LogP contribution is 2.27. The number of carbonyl (C=O) groups is 1. The van der Waals surface area contributed by atoms with E-state index in [-0.39, 0.29) is 5.91 Å². The van der Waals surface area contributed by atoms with E-state index in [2.05, 4.69) is 58.3 Å². The number of nitrogens with one attached hydrogen (secondary N) is 1. The van der Waals surface area contributed by atoms with Crippen LogP contribution in [0.15, 0.2) is 60.8 Å². The molecule has 1 aromatic heterocycles. The molecule has 1 unspecified atom stereocenters. The van der Waals surface area contributed by atoms with Gasteiger partial charge in [-0.2, -0.15) is 0 Å². The maximum Gasteiger partial charge on any atom is 0.251 e. The number of amides is 1. The summed E-state index contributed by atoms with van der Waals surface area (Å²) in [7, 11) is 2.12. The number of hydrogen-bond acceptors (Lipinski definition) is 5. The van der Waals surface area contributed by atoms with Crippen molar-refractivity contribution in [3.8, 4) is 11.1 Å². The number of piperazine rings is 1. The fourth-order valence-corrected chi connectivity index (χ4v) is 4.16. The van der Waals surface area contributed by atoms with E-state index in [0.717, 1.165) is 54.1 Å². The summed E-state index contributed by atoms with van der Waals surface area (Å²) in [6.07, 6.45) is 1.12. The van der Waals surface area contributed by atoms with Crippen molar-refractivity contribution in [2.75, 3.05) is 39.8 Å². The first-order valence-electron chi connectivity index (χ1n) is 11.9. The Kier molecular flexibility index (Phi) is 7.73. The van der Waals surface area contributed by atoms with Gasteiger partial charge in [-0.15, -0.1) is 0 Å². The van der Waals surface area contributed by atoms with Crippen LogP contribution in [0.1, 0.15) is 38.8 Å². The summed E-state index contributed by atoms with van der Waals surface area (Å²) < 4.78 is 0. The second-order valence-electron chi connectivity index (χ2n) is 9.32. The van der Waals surface area contributed by atoms with Crippen LogP contribution in [0.2, 0.25) is 0 Å². The first-order valence-corrected chi connectivity index (χ1v) is 11.9. The van der Waals surface area contributed by atoms with E-state index in [9.17, 15) is 9.90 Å². The Morgan fingerprint density at radius 1 is 1.00 bits per heavy atom. The first kappa shape index (κ1) is 24.1. The van der Waals surface area contributed by atoms with Gasteiger partial charge < -0.3 is 15.3 Å². The summed E-state index contributed by atoms with van der Waals surface area (Å²) in [5, 5.41) is 14.1. The highest BCUT2D eigenvalue weighted by atomic mass is 16.3. The van der Waals surface area contributed by atoms with Gasteiger partial charge in [0.1, 0.15) is 0 Å². The maximum atomic E-state index is 13.1. The van der Waals surface area contributed by atoms with Gasteiger partial charge in [0.25, 0.3) is 5.91 Å². The fourth-order valence-electron chi connectivity index (χ4n) is 4.16. The Hall–Kier alpha value is -3.06. The molecule has 2 heterocycles. The van der Waals surface area contributed by atoms with Gasteiger partial charge in [0, 0.05) is 56.7 Å². The molecular weight excluding hydrogens is 424 g/mol. The molecule has 2 N–H and O–H groups in total. The zero-order valence-electron chi connectivity index (χ0n) is 20.3. The number of nitrogens with zero attached hydrogens (tertiary/aromatic N) is 3.